The standard InChI is InChI=1S/C15H22FN3O/c1-3-18-6-8-19(9-7-18)15(20)17-11-13-5-4-12(2)14(16)10-13/h4-5,10H,3,6-9,11H2,1-2H3,(H,17,20). The van der Waals surface area contributed by atoms with Gasteiger partial charge in [0.1, 0.15) is 5.82 Å². The van der Waals surface area contributed by atoms with Gasteiger partial charge in [0, 0.05) is 32.7 Å². The van der Waals surface area contributed by atoms with Crippen LogP contribution in [0.3, 0.4) is 0 Å². The van der Waals surface area contributed by atoms with Crippen LogP contribution in [0, 0.1) is 12.7 Å². The van der Waals surface area contributed by atoms with Crippen molar-refractivity contribution in [3.05, 3.63) is 35.1 Å². The summed E-state index contributed by atoms with van der Waals surface area (Å²) in [5, 5.41) is 2.85. The molecule has 0 aliphatic carbocycles. The van der Waals surface area contributed by atoms with Gasteiger partial charge in [-0.15, -0.1) is 0 Å². The molecule has 1 fully saturated rings. The van der Waals surface area contributed by atoms with Gasteiger partial charge in [0.2, 0.25) is 0 Å². The number of hydrogen-bond acceptors (Lipinski definition) is 2. The lowest BCUT2D eigenvalue weighted by Gasteiger charge is -2.34. The van der Waals surface area contributed by atoms with Gasteiger partial charge in [-0.05, 0) is 30.7 Å². The second-order valence-corrected chi connectivity index (χ2v) is 5.16. The average molecular weight is 279 g/mol. The van der Waals surface area contributed by atoms with E-state index in [1.165, 1.54) is 6.07 Å². The molecule has 0 atom stereocenters. The fraction of sp³-hybridized carbons (Fsp3) is 0.533. The summed E-state index contributed by atoms with van der Waals surface area (Å²) in [6.07, 6.45) is 0. The highest BCUT2D eigenvalue weighted by atomic mass is 19.1. The Bertz CT molecular complexity index is 470. The molecule has 0 unspecified atom stereocenters. The maximum Gasteiger partial charge on any atom is 0.317 e. The van der Waals surface area contributed by atoms with Crippen molar-refractivity contribution in [2.45, 2.75) is 20.4 Å². The van der Waals surface area contributed by atoms with Crippen LogP contribution in [0.25, 0.3) is 0 Å². The lowest BCUT2D eigenvalue weighted by Crippen LogP contribution is -2.51. The number of urea groups is 1. The minimum absolute atomic E-state index is 0.0678. The number of likely N-dealkylation sites (N-methyl/N-ethyl adjacent to an activating group) is 1. The van der Waals surface area contributed by atoms with Gasteiger partial charge in [-0.25, -0.2) is 9.18 Å². The van der Waals surface area contributed by atoms with Gasteiger partial charge in [0.05, 0.1) is 0 Å². The van der Waals surface area contributed by atoms with Gasteiger partial charge in [0.25, 0.3) is 0 Å². The number of carbonyl (C=O) groups is 1. The molecule has 1 N–H and O–H groups in total. The number of piperazine rings is 1. The number of nitrogens with one attached hydrogen (secondary N) is 1. The molecule has 1 aliphatic rings. The summed E-state index contributed by atoms with van der Waals surface area (Å²) >= 11 is 0. The van der Waals surface area contributed by atoms with Crippen LogP contribution in [0.2, 0.25) is 0 Å². The second-order valence-electron chi connectivity index (χ2n) is 5.16. The molecule has 1 aliphatic heterocycles. The zero-order valence-electron chi connectivity index (χ0n) is 12.2. The number of benzene rings is 1. The fourth-order valence-electron chi connectivity index (χ4n) is 2.30. The normalized spacial score (nSPS) is 16.2. The van der Waals surface area contributed by atoms with E-state index in [9.17, 15) is 9.18 Å². The summed E-state index contributed by atoms with van der Waals surface area (Å²) < 4.78 is 13.4. The SMILES string of the molecule is CCN1CCN(C(=O)NCc2ccc(C)c(F)c2)CC1. The Labute approximate surface area is 119 Å². The summed E-state index contributed by atoms with van der Waals surface area (Å²) in [7, 11) is 0. The van der Waals surface area contributed by atoms with E-state index in [2.05, 4.69) is 17.1 Å². The lowest BCUT2D eigenvalue weighted by atomic mass is 10.1. The van der Waals surface area contributed by atoms with Crippen molar-refractivity contribution in [1.29, 1.82) is 0 Å². The Morgan fingerprint density at radius 2 is 2.00 bits per heavy atom. The van der Waals surface area contributed by atoms with Crippen LogP contribution >= 0.6 is 0 Å². The molecule has 1 saturated heterocycles. The number of nitrogens with zero attached hydrogens (tertiary/aromatic N) is 2. The lowest BCUT2D eigenvalue weighted by molar-refractivity contribution is 0.142. The zero-order valence-corrected chi connectivity index (χ0v) is 12.2. The Morgan fingerprint density at radius 1 is 1.30 bits per heavy atom. The Balaban J connectivity index is 1.81. The van der Waals surface area contributed by atoms with Gasteiger partial charge in [-0.2, -0.15) is 0 Å². The van der Waals surface area contributed by atoms with Crippen molar-refractivity contribution in [3.63, 3.8) is 0 Å². The van der Waals surface area contributed by atoms with Crippen LogP contribution in [0.15, 0.2) is 18.2 Å². The van der Waals surface area contributed by atoms with E-state index >= 15 is 0 Å². The molecule has 1 aromatic carbocycles. The first kappa shape index (κ1) is 14.8. The van der Waals surface area contributed by atoms with Crippen LogP contribution in [-0.4, -0.2) is 48.6 Å². The largest absolute Gasteiger partial charge is 0.334 e. The third kappa shape index (κ3) is 3.70. The van der Waals surface area contributed by atoms with Crippen LogP contribution in [0.4, 0.5) is 9.18 Å². The molecule has 2 amide bonds. The molecule has 20 heavy (non-hydrogen) atoms. The van der Waals surface area contributed by atoms with Crippen molar-refractivity contribution in [1.82, 2.24) is 15.1 Å². The maximum absolute atomic E-state index is 13.4. The predicted molar refractivity (Wildman–Crippen MR) is 77.1 cm³/mol. The summed E-state index contributed by atoms with van der Waals surface area (Å²) in [6.45, 7) is 8.59. The van der Waals surface area contributed by atoms with E-state index in [0.29, 0.717) is 12.1 Å². The smallest absolute Gasteiger partial charge is 0.317 e. The molecular formula is C15H22FN3O. The number of halogens is 1. The van der Waals surface area contributed by atoms with Crippen LogP contribution in [0.1, 0.15) is 18.1 Å². The Kier molecular flexibility index (Phi) is 4.95. The Morgan fingerprint density at radius 3 is 2.60 bits per heavy atom. The van der Waals surface area contributed by atoms with Gasteiger partial charge in [-0.1, -0.05) is 19.1 Å². The zero-order chi connectivity index (χ0) is 14.5. The van der Waals surface area contributed by atoms with Crippen LogP contribution in [0.5, 0.6) is 0 Å². The number of hydrogen-bond donors (Lipinski definition) is 1. The molecular weight excluding hydrogens is 257 g/mol. The molecule has 0 spiro atoms. The molecule has 1 heterocycles. The fourth-order valence-corrected chi connectivity index (χ4v) is 2.30. The van der Waals surface area contributed by atoms with Crippen molar-refractivity contribution in [3.8, 4) is 0 Å². The summed E-state index contributed by atoms with van der Waals surface area (Å²) in [6, 6.07) is 4.98. The van der Waals surface area contributed by atoms with E-state index in [1.54, 1.807) is 13.0 Å². The van der Waals surface area contributed by atoms with Gasteiger partial charge >= 0.3 is 6.03 Å². The van der Waals surface area contributed by atoms with Gasteiger partial charge in [-0.3, -0.25) is 0 Å². The van der Waals surface area contributed by atoms with Gasteiger partial charge in [0.15, 0.2) is 0 Å². The van der Waals surface area contributed by atoms with E-state index < -0.39 is 0 Å². The highest BCUT2D eigenvalue weighted by molar-refractivity contribution is 5.74. The number of carbonyl (C=O) groups excluding carboxylic acids is 1. The molecule has 4 nitrogen and oxygen atoms in total. The second kappa shape index (κ2) is 6.70. The molecule has 5 heteroatoms. The summed E-state index contributed by atoms with van der Waals surface area (Å²) in [4.78, 5) is 16.2. The van der Waals surface area contributed by atoms with Crippen molar-refractivity contribution < 1.29 is 9.18 Å². The maximum atomic E-state index is 13.4. The minimum Gasteiger partial charge on any atom is -0.334 e. The molecule has 2 rings (SSSR count). The minimum atomic E-state index is -0.228. The van der Waals surface area contributed by atoms with Crippen molar-refractivity contribution >= 4 is 6.03 Å². The summed E-state index contributed by atoms with van der Waals surface area (Å²) in [5.41, 5.74) is 1.41. The monoisotopic (exact) mass is 279 g/mol. The quantitative estimate of drug-likeness (QED) is 0.918. The average Bonchev–Trinajstić information content (AvgIpc) is 2.48. The molecule has 0 bridgehead atoms. The number of aryl methyl sites for hydroxylation is 1. The molecule has 0 saturated carbocycles. The first-order valence-electron chi connectivity index (χ1n) is 7.10. The molecule has 0 radical (unpaired) electrons. The number of rotatable bonds is 3. The summed E-state index contributed by atoms with van der Waals surface area (Å²) in [5.74, 6) is -0.228. The molecule has 0 aromatic heterocycles. The third-order valence-corrected chi connectivity index (χ3v) is 3.79. The topological polar surface area (TPSA) is 35.6 Å². The van der Waals surface area contributed by atoms with Crippen LogP contribution in [-0.2, 0) is 6.54 Å². The predicted octanol–water partition coefficient (Wildman–Crippen LogP) is 1.98. The van der Waals surface area contributed by atoms with E-state index in [-0.39, 0.29) is 11.8 Å². The van der Waals surface area contributed by atoms with Crippen LogP contribution < -0.4 is 5.32 Å². The van der Waals surface area contributed by atoms with Crippen molar-refractivity contribution in [2.75, 3.05) is 32.7 Å². The van der Waals surface area contributed by atoms with Crippen molar-refractivity contribution in [2.24, 2.45) is 0 Å². The van der Waals surface area contributed by atoms with E-state index in [4.69, 9.17) is 0 Å². The molecule has 110 valence electrons. The third-order valence-electron chi connectivity index (χ3n) is 3.79. The highest BCUT2D eigenvalue weighted by Gasteiger charge is 2.19. The first-order valence-corrected chi connectivity index (χ1v) is 7.10. The van der Waals surface area contributed by atoms with E-state index in [0.717, 1.165) is 38.3 Å². The molecule has 1 aromatic rings. The number of amides is 2. The Hall–Kier alpha value is -1.62. The first-order chi connectivity index (χ1) is 9.60. The van der Waals surface area contributed by atoms with Gasteiger partial charge < -0.3 is 15.1 Å². The highest BCUT2D eigenvalue weighted by Crippen LogP contribution is 2.09. The van der Waals surface area contributed by atoms with E-state index in [1.807, 2.05) is 11.0 Å².